The summed E-state index contributed by atoms with van der Waals surface area (Å²) in [5, 5.41) is 0. The summed E-state index contributed by atoms with van der Waals surface area (Å²) in [5.74, 6) is 0. The average Bonchev–Trinajstić information content (AvgIpc) is 2.15. The molecule has 0 radical (unpaired) electrons. The molecule has 1 rings (SSSR count). The van der Waals surface area contributed by atoms with E-state index in [0.29, 0.717) is 6.07 Å². The van der Waals surface area contributed by atoms with Crippen LogP contribution in [0, 0.1) is 0 Å². The monoisotopic (exact) mass is 261 g/mol. The number of hydrogen-bond acceptors (Lipinski definition) is 1. The van der Waals surface area contributed by atoms with Gasteiger partial charge in [-0.1, -0.05) is 12.1 Å². The van der Waals surface area contributed by atoms with Gasteiger partial charge in [-0.3, -0.25) is 0 Å². The Balaban J connectivity index is 0.00000225. The van der Waals surface area contributed by atoms with Crippen molar-refractivity contribution in [2.45, 2.75) is 18.6 Å². The van der Waals surface area contributed by atoms with E-state index in [1.807, 2.05) is 0 Å². The molecule has 0 aliphatic carbocycles. The van der Waals surface area contributed by atoms with Crippen molar-refractivity contribution >= 4 is 12.4 Å². The fourth-order valence-corrected chi connectivity index (χ4v) is 1.07. The Labute approximate surface area is 94.8 Å². The van der Waals surface area contributed by atoms with Crippen molar-refractivity contribution in [2.75, 3.05) is 0 Å². The van der Waals surface area contributed by atoms with Crippen molar-refractivity contribution in [1.29, 1.82) is 0 Å². The third-order valence-electron chi connectivity index (χ3n) is 1.87. The number of benzene rings is 1. The largest absolute Gasteiger partial charge is 0.416 e. The minimum atomic E-state index is -4.54. The molecule has 0 aliphatic rings. The minimum absolute atomic E-state index is 0. The second kappa shape index (κ2) is 5.45. The summed E-state index contributed by atoms with van der Waals surface area (Å²) in [7, 11) is 0. The van der Waals surface area contributed by atoms with Gasteiger partial charge in [0.15, 0.2) is 0 Å². The summed E-state index contributed by atoms with van der Waals surface area (Å²) in [5.41, 5.74) is 3.83. The van der Waals surface area contributed by atoms with Gasteiger partial charge in [0, 0.05) is 0 Å². The van der Waals surface area contributed by atoms with Gasteiger partial charge in [-0.05, 0) is 17.7 Å². The fourth-order valence-electron chi connectivity index (χ4n) is 1.07. The highest BCUT2D eigenvalue weighted by Crippen LogP contribution is 2.31. The van der Waals surface area contributed by atoms with Gasteiger partial charge in [-0.25, -0.2) is 8.78 Å². The fraction of sp³-hybridized carbons (Fsp3) is 0.333. The van der Waals surface area contributed by atoms with E-state index in [0.717, 1.165) is 18.2 Å². The van der Waals surface area contributed by atoms with Gasteiger partial charge in [0.05, 0.1) is 11.6 Å². The first-order valence-electron chi connectivity index (χ1n) is 4.03. The van der Waals surface area contributed by atoms with E-state index < -0.39 is 24.2 Å². The molecule has 1 nitrogen and oxygen atoms in total. The molecule has 0 bridgehead atoms. The summed E-state index contributed by atoms with van der Waals surface area (Å²) >= 11 is 0. The number of nitrogens with two attached hydrogens (primary N) is 1. The molecule has 0 aliphatic heterocycles. The van der Waals surface area contributed by atoms with Crippen LogP contribution < -0.4 is 5.73 Å². The Morgan fingerprint density at radius 1 is 1.12 bits per heavy atom. The van der Waals surface area contributed by atoms with Gasteiger partial charge < -0.3 is 5.73 Å². The van der Waals surface area contributed by atoms with Gasteiger partial charge in [0.25, 0.3) is 6.43 Å². The third kappa shape index (κ3) is 3.61. The van der Waals surface area contributed by atoms with Crippen molar-refractivity contribution < 1.29 is 22.0 Å². The summed E-state index contributed by atoms with van der Waals surface area (Å²) in [6.07, 6.45) is -7.42. The highest BCUT2D eigenvalue weighted by molar-refractivity contribution is 5.85. The Hall–Kier alpha value is -0.880. The van der Waals surface area contributed by atoms with Crippen molar-refractivity contribution in [3.63, 3.8) is 0 Å². The zero-order valence-corrected chi connectivity index (χ0v) is 8.66. The lowest BCUT2D eigenvalue weighted by atomic mass is 10.0. The average molecular weight is 262 g/mol. The molecule has 7 heteroatoms. The van der Waals surface area contributed by atoms with Crippen molar-refractivity contribution in [3.05, 3.63) is 35.4 Å². The maximum absolute atomic E-state index is 12.2. The standard InChI is InChI=1S/C9H8F5N.ClH/c10-8(11)7(15)5-2-1-3-6(4-5)9(12,13)14;/h1-4,7-8H,15H2;1H/t7-;/m0./s1. The number of halogens is 6. The molecule has 0 fully saturated rings. The Bertz CT molecular complexity index is 339. The molecule has 0 heterocycles. The number of rotatable bonds is 2. The first-order valence-corrected chi connectivity index (χ1v) is 4.03. The third-order valence-corrected chi connectivity index (χ3v) is 1.87. The van der Waals surface area contributed by atoms with Crippen molar-refractivity contribution in [1.82, 2.24) is 0 Å². The second-order valence-electron chi connectivity index (χ2n) is 2.98. The van der Waals surface area contributed by atoms with E-state index in [2.05, 4.69) is 0 Å². The summed E-state index contributed by atoms with van der Waals surface area (Å²) in [6.45, 7) is 0. The highest BCUT2D eigenvalue weighted by atomic mass is 35.5. The van der Waals surface area contributed by atoms with Gasteiger partial charge in [-0.2, -0.15) is 13.2 Å². The molecule has 1 aromatic rings. The molecule has 0 spiro atoms. The number of hydrogen-bond donors (Lipinski definition) is 1. The number of alkyl halides is 5. The molecule has 92 valence electrons. The van der Waals surface area contributed by atoms with Crippen molar-refractivity contribution in [2.24, 2.45) is 5.73 Å². The lowest BCUT2D eigenvalue weighted by Gasteiger charge is -2.13. The van der Waals surface area contributed by atoms with Gasteiger partial charge in [0.1, 0.15) is 0 Å². The van der Waals surface area contributed by atoms with Crippen LogP contribution in [0.5, 0.6) is 0 Å². The Morgan fingerprint density at radius 2 is 1.69 bits per heavy atom. The molecule has 0 aromatic heterocycles. The quantitative estimate of drug-likeness (QED) is 0.812. The molecule has 0 amide bonds. The Morgan fingerprint density at radius 3 is 2.12 bits per heavy atom. The van der Waals surface area contributed by atoms with Crippen LogP contribution in [0.4, 0.5) is 22.0 Å². The summed E-state index contributed by atoms with van der Waals surface area (Å²) < 4.78 is 60.9. The molecule has 1 aromatic carbocycles. The first kappa shape index (κ1) is 15.1. The molecular formula is C9H9ClF5N. The van der Waals surface area contributed by atoms with E-state index in [-0.39, 0.29) is 18.0 Å². The summed E-state index contributed by atoms with van der Waals surface area (Å²) in [4.78, 5) is 0. The zero-order valence-electron chi connectivity index (χ0n) is 7.84. The normalized spacial score (nSPS) is 13.4. The van der Waals surface area contributed by atoms with Gasteiger partial charge in [0.2, 0.25) is 0 Å². The molecule has 2 N–H and O–H groups in total. The van der Waals surface area contributed by atoms with Crippen LogP contribution in [-0.4, -0.2) is 6.43 Å². The topological polar surface area (TPSA) is 26.0 Å². The maximum Gasteiger partial charge on any atom is 0.416 e. The lowest BCUT2D eigenvalue weighted by Crippen LogP contribution is -2.19. The molecule has 1 atom stereocenters. The van der Waals surface area contributed by atoms with E-state index >= 15 is 0 Å². The van der Waals surface area contributed by atoms with Crippen LogP contribution in [0.3, 0.4) is 0 Å². The van der Waals surface area contributed by atoms with Crippen LogP contribution >= 0.6 is 12.4 Å². The summed E-state index contributed by atoms with van der Waals surface area (Å²) in [6, 6.07) is 1.96. The van der Waals surface area contributed by atoms with Crippen LogP contribution in [0.2, 0.25) is 0 Å². The van der Waals surface area contributed by atoms with E-state index in [4.69, 9.17) is 5.73 Å². The van der Waals surface area contributed by atoms with Gasteiger partial charge in [-0.15, -0.1) is 12.4 Å². The van der Waals surface area contributed by atoms with E-state index in [9.17, 15) is 22.0 Å². The Kier molecular flexibility index (Phi) is 5.15. The van der Waals surface area contributed by atoms with E-state index in [1.54, 1.807) is 0 Å². The van der Waals surface area contributed by atoms with Crippen LogP contribution in [-0.2, 0) is 6.18 Å². The van der Waals surface area contributed by atoms with Crippen LogP contribution in [0.25, 0.3) is 0 Å². The maximum atomic E-state index is 12.2. The minimum Gasteiger partial charge on any atom is -0.319 e. The lowest BCUT2D eigenvalue weighted by molar-refractivity contribution is -0.137. The van der Waals surface area contributed by atoms with Crippen LogP contribution in [0.1, 0.15) is 17.2 Å². The molecular weight excluding hydrogens is 253 g/mol. The van der Waals surface area contributed by atoms with E-state index in [1.165, 1.54) is 0 Å². The zero-order chi connectivity index (χ0) is 11.6. The first-order chi connectivity index (χ1) is 6.82. The second-order valence-corrected chi connectivity index (χ2v) is 2.98. The van der Waals surface area contributed by atoms with Crippen LogP contribution in [0.15, 0.2) is 24.3 Å². The predicted molar refractivity (Wildman–Crippen MR) is 51.6 cm³/mol. The molecule has 0 saturated heterocycles. The highest BCUT2D eigenvalue weighted by Gasteiger charge is 2.31. The SMILES string of the molecule is Cl.N[C@@H](c1cccc(C(F)(F)F)c1)C(F)F. The molecule has 16 heavy (non-hydrogen) atoms. The van der Waals surface area contributed by atoms with Gasteiger partial charge >= 0.3 is 6.18 Å². The van der Waals surface area contributed by atoms with Crippen molar-refractivity contribution in [3.8, 4) is 0 Å². The smallest absolute Gasteiger partial charge is 0.319 e. The predicted octanol–water partition coefficient (Wildman–Crippen LogP) is 3.39. The molecule has 0 unspecified atom stereocenters. The molecule has 0 saturated carbocycles.